The summed E-state index contributed by atoms with van der Waals surface area (Å²) in [5.74, 6) is 0.409. The zero-order valence-electron chi connectivity index (χ0n) is 14.6. The summed E-state index contributed by atoms with van der Waals surface area (Å²) >= 11 is 0. The maximum atomic E-state index is 12.3. The predicted molar refractivity (Wildman–Crippen MR) is 103 cm³/mol. The quantitative estimate of drug-likeness (QED) is 0.623. The lowest BCUT2D eigenvalue weighted by Crippen LogP contribution is -2.23. The van der Waals surface area contributed by atoms with Crippen molar-refractivity contribution in [3.05, 3.63) is 84.3 Å². The summed E-state index contributed by atoms with van der Waals surface area (Å²) in [6.07, 6.45) is 2.49. The third-order valence-electron chi connectivity index (χ3n) is 3.95. The first-order valence-electron chi connectivity index (χ1n) is 8.49. The molecule has 27 heavy (non-hydrogen) atoms. The van der Waals surface area contributed by atoms with Gasteiger partial charge in [0, 0.05) is 12.1 Å². The van der Waals surface area contributed by atoms with Crippen LogP contribution in [-0.4, -0.2) is 14.3 Å². The number of furan rings is 1. The minimum absolute atomic E-state index is 0.0767. The first kappa shape index (κ1) is 18.9. The van der Waals surface area contributed by atoms with Crippen LogP contribution < -0.4 is 10.0 Å². The highest BCUT2D eigenvalue weighted by Gasteiger charge is 2.14. The molecule has 3 rings (SSSR count). The van der Waals surface area contributed by atoms with Gasteiger partial charge in [-0.15, -0.1) is 0 Å². The molecule has 1 heterocycles. The normalized spacial score (nSPS) is 11.3. The maximum Gasteiger partial charge on any atom is 0.240 e. The van der Waals surface area contributed by atoms with Crippen molar-refractivity contribution < 1.29 is 17.6 Å². The van der Waals surface area contributed by atoms with E-state index in [1.165, 1.54) is 18.4 Å². The number of rotatable bonds is 8. The molecule has 2 aromatic carbocycles. The van der Waals surface area contributed by atoms with Crippen molar-refractivity contribution >= 4 is 21.6 Å². The van der Waals surface area contributed by atoms with Gasteiger partial charge in [-0.1, -0.05) is 30.3 Å². The van der Waals surface area contributed by atoms with E-state index in [4.69, 9.17) is 4.42 Å². The smallest absolute Gasteiger partial charge is 0.240 e. The highest BCUT2D eigenvalue weighted by molar-refractivity contribution is 7.89. The zero-order valence-corrected chi connectivity index (χ0v) is 15.4. The molecule has 1 amide bonds. The highest BCUT2D eigenvalue weighted by atomic mass is 32.2. The Bertz CT molecular complexity index is 967. The third-order valence-corrected chi connectivity index (χ3v) is 5.37. The van der Waals surface area contributed by atoms with Gasteiger partial charge in [-0.25, -0.2) is 13.1 Å². The van der Waals surface area contributed by atoms with Crippen LogP contribution in [0.4, 0.5) is 5.69 Å². The molecule has 1 aromatic heterocycles. The van der Waals surface area contributed by atoms with E-state index < -0.39 is 10.0 Å². The number of benzene rings is 2. The number of carbonyl (C=O) groups is 1. The Morgan fingerprint density at radius 1 is 0.926 bits per heavy atom. The Balaban J connectivity index is 1.53. The first-order chi connectivity index (χ1) is 13.0. The number of hydrogen-bond donors (Lipinski definition) is 2. The molecule has 0 saturated heterocycles. The van der Waals surface area contributed by atoms with Gasteiger partial charge in [0.15, 0.2) is 0 Å². The van der Waals surface area contributed by atoms with E-state index in [1.54, 1.807) is 24.3 Å². The molecular weight excluding hydrogens is 364 g/mol. The van der Waals surface area contributed by atoms with Crippen molar-refractivity contribution in [2.24, 2.45) is 0 Å². The lowest BCUT2D eigenvalue weighted by molar-refractivity contribution is -0.116. The second-order valence-corrected chi connectivity index (χ2v) is 7.73. The number of amides is 1. The number of aryl methyl sites for hydroxylation is 1. The highest BCUT2D eigenvalue weighted by Crippen LogP contribution is 2.15. The van der Waals surface area contributed by atoms with Crippen LogP contribution in [0.2, 0.25) is 0 Å². The second-order valence-electron chi connectivity index (χ2n) is 5.96. The molecule has 6 nitrogen and oxygen atoms in total. The molecule has 0 unspecified atom stereocenters. The van der Waals surface area contributed by atoms with Crippen LogP contribution in [0.1, 0.15) is 17.7 Å². The third kappa shape index (κ3) is 5.54. The molecule has 0 radical (unpaired) electrons. The summed E-state index contributed by atoms with van der Waals surface area (Å²) in [5, 5.41) is 2.78. The molecular formula is C20H20N2O4S. The average molecular weight is 384 g/mol. The molecule has 0 saturated carbocycles. The molecule has 140 valence electrons. The monoisotopic (exact) mass is 384 g/mol. The molecule has 0 bridgehead atoms. The minimum atomic E-state index is -3.65. The lowest BCUT2D eigenvalue weighted by atomic mass is 10.1. The molecule has 0 atom stereocenters. The van der Waals surface area contributed by atoms with E-state index >= 15 is 0 Å². The summed E-state index contributed by atoms with van der Waals surface area (Å²) in [6, 6.07) is 19.2. The molecule has 2 N–H and O–H groups in total. The van der Waals surface area contributed by atoms with Gasteiger partial charge in [-0.05, 0) is 48.4 Å². The fraction of sp³-hybridized carbons (Fsp3) is 0.150. The molecule has 0 aliphatic carbocycles. The van der Waals surface area contributed by atoms with E-state index in [0.29, 0.717) is 24.3 Å². The number of anilines is 1. The van der Waals surface area contributed by atoms with Crippen LogP contribution in [-0.2, 0) is 27.8 Å². The number of nitrogens with one attached hydrogen (secondary N) is 2. The SMILES string of the molecule is O=C(CCc1ccccc1)Nc1ccc(S(=O)(=O)NCc2ccco2)cc1. The average Bonchev–Trinajstić information content (AvgIpc) is 3.20. The Morgan fingerprint density at radius 3 is 2.33 bits per heavy atom. The predicted octanol–water partition coefficient (Wildman–Crippen LogP) is 3.33. The molecule has 0 spiro atoms. The second kappa shape index (κ2) is 8.66. The molecule has 0 aliphatic heterocycles. The number of hydrogen-bond acceptors (Lipinski definition) is 4. The van der Waals surface area contributed by atoms with Crippen molar-refractivity contribution in [3.8, 4) is 0 Å². The molecule has 0 aliphatic rings. The Hall–Kier alpha value is -2.90. The van der Waals surface area contributed by atoms with Crippen LogP contribution in [0, 0.1) is 0 Å². The van der Waals surface area contributed by atoms with Gasteiger partial charge in [0.2, 0.25) is 15.9 Å². The van der Waals surface area contributed by atoms with Crippen LogP contribution >= 0.6 is 0 Å². The van der Waals surface area contributed by atoms with Gasteiger partial charge >= 0.3 is 0 Å². The van der Waals surface area contributed by atoms with Gasteiger partial charge in [0.25, 0.3) is 0 Å². The van der Waals surface area contributed by atoms with E-state index in [0.717, 1.165) is 5.56 Å². The van der Waals surface area contributed by atoms with Crippen molar-refractivity contribution in [2.75, 3.05) is 5.32 Å². The molecule has 7 heteroatoms. The van der Waals surface area contributed by atoms with E-state index in [9.17, 15) is 13.2 Å². The minimum Gasteiger partial charge on any atom is -0.468 e. The Kier molecular flexibility index (Phi) is 6.05. The fourth-order valence-electron chi connectivity index (χ4n) is 2.51. The topological polar surface area (TPSA) is 88.4 Å². The van der Waals surface area contributed by atoms with Gasteiger partial charge in [-0.3, -0.25) is 4.79 Å². The van der Waals surface area contributed by atoms with Crippen molar-refractivity contribution in [3.63, 3.8) is 0 Å². The standard InChI is InChI=1S/C20H20N2O4S/c23-20(13-8-16-5-2-1-3-6-16)22-17-9-11-19(12-10-17)27(24,25)21-15-18-7-4-14-26-18/h1-7,9-12,14,21H,8,13,15H2,(H,22,23). The summed E-state index contributed by atoms with van der Waals surface area (Å²) in [7, 11) is -3.65. The summed E-state index contributed by atoms with van der Waals surface area (Å²) < 4.78 is 32.1. The van der Waals surface area contributed by atoms with Gasteiger partial charge in [0.1, 0.15) is 5.76 Å². The first-order valence-corrected chi connectivity index (χ1v) is 9.97. The largest absolute Gasteiger partial charge is 0.468 e. The van der Waals surface area contributed by atoms with Crippen molar-refractivity contribution in [2.45, 2.75) is 24.3 Å². The maximum absolute atomic E-state index is 12.3. The van der Waals surface area contributed by atoms with Crippen LogP contribution in [0.25, 0.3) is 0 Å². The summed E-state index contributed by atoms with van der Waals surface area (Å²) in [5.41, 5.74) is 1.65. The molecule has 0 fully saturated rings. The summed E-state index contributed by atoms with van der Waals surface area (Å²) in [6.45, 7) is 0.0767. The Morgan fingerprint density at radius 2 is 1.67 bits per heavy atom. The van der Waals surface area contributed by atoms with Gasteiger partial charge in [-0.2, -0.15) is 0 Å². The van der Waals surface area contributed by atoms with Crippen LogP contribution in [0.5, 0.6) is 0 Å². The van der Waals surface area contributed by atoms with E-state index in [2.05, 4.69) is 10.0 Å². The summed E-state index contributed by atoms with van der Waals surface area (Å²) in [4.78, 5) is 12.2. The molecule has 3 aromatic rings. The zero-order chi connectivity index (χ0) is 19.1. The number of sulfonamides is 1. The van der Waals surface area contributed by atoms with E-state index in [1.807, 2.05) is 30.3 Å². The Labute approximate surface area is 158 Å². The van der Waals surface area contributed by atoms with Crippen LogP contribution in [0.3, 0.4) is 0 Å². The fourth-order valence-corrected chi connectivity index (χ4v) is 3.50. The number of carbonyl (C=O) groups excluding carboxylic acids is 1. The van der Waals surface area contributed by atoms with Crippen molar-refractivity contribution in [1.29, 1.82) is 0 Å². The van der Waals surface area contributed by atoms with Crippen LogP contribution in [0.15, 0.2) is 82.3 Å². The lowest BCUT2D eigenvalue weighted by Gasteiger charge is -2.08. The van der Waals surface area contributed by atoms with E-state index in [-0.39, 0.29) is 17.3 Å². The van der Waals surface area contributed by atoms with Crippen molar-refractivity contribution in [1.82, 2.24) is 4.72 Å². The van der Waals surface area contributed by atoms with Gasteiger partial charge < -0.3 is 9.73 Å². The van der Waals surface area contributed by atoms with Gasteiger partial charge in [0.05, 0.1) is 17.7 Å².